The van der Waals surface area contributed by atoms with Crippen molar-refractivity contribution in [3.63, 3.8) is 0 Å². The van der Waals surface area contributed by atoms with E-state index in [1.165, 1.54) is 0 Å². The van der Waals surface area contributed by atoms with Gasteiger partial charge in [0.2, 0.25) is 0 Å². The Kier molecular flexibility index (Phi) is 4.01. The second kappa shape index (κ2) is 5.34. The van der Waals surface area contributed by atoms with Gasteiger partial charge >= 0.3 is 0 Å². The zero-order valence-electron chi connectivity index (χ0n) is 8.04. The number of pyridine rings is 1. The van der Waals surface area contributed by atoms with Gasteiger partial charge in [0.05, 0.1) is 12.2 Å². The topological polar surface area (TPSA) is 24.9 Å². The van der Waals surface area contributed by atoms with Crippen LogP contribution in [0, 0.1) is 11.8 Å². The average Bonchev–Trinajstić information content (AvgIpc) is 2.19. The Labute approximate surface area is 79.4 Å². The molecule has 0 aliphatic heterocycles. The first-order valence-electron chi connectivity index (χ1n) is 4.38. The molecule has 0 saturated carbocycles. The van der Waals surface area contributed by atoms with Crippen molar-refractivity contribution in [2.45, 2.75) is 19.9 Å². The number of hydrogen-bond acceptors (Lipinski definition) is 2. The largest absolute Gasteiger partial charge is 0.298 e. The van der Waals surface area contributed by atoms with Crippen molar-refractivity contribution in [3.8, 4) is 11.8 Å². The average molecular weight is 174 g/mol. The van der Waals surface area contributed by atoms with E-state index in [1.807, 2.05) is 25.1 Å². The first-order valence-corrected chi connectivity index (χ1v) is 4.38. The number of nitrogens with zero attached hydrogens (tertiary/aromatic N) is 1. The van der Waals surface area contributed by atoms with E-state index >= 15 is 0 Å². The van der Waals surface area contributed by atoms with Gasteiger partial charge in [-0.1, -0.05) is 12.0 Å². The van der Waals surface area contributed by atoms with Crippen LogP contribution in [0.3, 0.4) is 0 Å². The smallest absolute Gasteiger partial charge is 0.0581 e. The first kappa shape index (κ1) is 9.76. The standard InChI is InChI=1S/C11H14N2/c1-3-4-8-12-10(2)11-7-5-6-9-13-11/h5-7,9-10,12H,8H2,1-2H3. The van der Waals surface area contributed by atoms with Crippen molar-refractivity contribution >= 4 is 0 Å². The highest BCUT2D eigenvalue weighted by molar-refractivity contribution is 5.08. The minimum Gasteiger partial charge on any atom is -0.298 e. The lowest BCUT2D eigenvalue weighted by Crippen LogP contribution is -2.19. The quantitative estimate of drug-likeness (QED) is 0.706. The fourth-order valence-electron chi connectivity index (χ4n) is 1.03. The van der Waals surface area contributed by atoms with Crippen LogP contribution in [-0.2, 0) is 0 Å². The molecular formula is C11H14N2. The van der Waals surface area contributed by atoms with Crippen molar-refractivity contribution in [2.75, 3.05) is 6.54 Å². The predicted molar refractivity (Wildman–Crippen MR) is 54.1 cm³/mol. The third kappa shape index (κ3) is 3.27. The van der Waals surface area contributed by atoms with Crippen molar-refractivity contribution < 1.29 is 0 Å². The number of aromatic nitrogens is 1. The highest BCUT2D eigenvalue weighted by atomic mass is 14.9. The molecule has 2 nitrogen and oxygen atoms in total. The maximum Gasteiger partial charge on any atom is 0.0581 e. The van der Waals surface area contributed by atoms with Gasteiger partial charge < -0.3 is 0 Å². The van der Waals surface area contributed by atoms with Crippen LogP contribution in [0.25, 0.3) is 0 Å². The predicted octanol–water partition coefficient (Wildman–Crippen LogP) is 1.76. The van der Waals surface area contributed by atoms with Gasteiger partial charge in [0.1, 0.15) is 0 Å². The van der Waals surface area contributed by atoms with Gasteiger partial charge in [-0.3, -0.25) is 10.3 Å². The van der Waals surface area contributed by atoms with Crippen LogP contribution in [0.5, 0.6) is 0 Å². The highest BCUT2D eigenvalue weighted by Gasteiger charge is 2.02. The van der Waals surface area contributed by atoms with E-state index < -0.39 is 0 Å². The van der Waals surface area contributed by atoms with Crippen molar-refractivity contribution in [2.24, 2.45) is 0 Å². The molecule has 1 atom stereocenters. The molecule has 1 rings (SSSR count). The Morgan fingerprint density at radius 1 is 1.54 bits per heavy atom. The summed E-state index contributed by atoms with van der Waals surface area (Å²) in [5, 5.41) is 3.26. The summed E-state index contributed by atoms with van der Waals surface area (Å²) in [5.74, 6) is 5.80. The van der Waals surface area contributed by atoms with Crippen LogP contribution in [0.4, 0.5) is 0 Å². The zero-order valence-corrected chi connectivity index (χ0v) is 8.04. The molecule has 0 amide bonds. The molecule has 68 valence electrons. The number of hydrogen-bond donors (Lipinski definition) is 1. The maximum absolute atomic E-state index is 4.25. The summed E-state index contributed by atoms with van der Waals surface area (Å²) in [6.07, 6.45) is 1.80. The molecule has 1 heterocycles. The molecule has 0 aliphatic rings. The molecule has 0 saturated heterocycles. The van der Waals surface area contributed by atoms with Crippen molar-refractivity contribution in [1.29, 1.82) is 0 Å². The molecule has 0 spiro atoms. The van der Waals surface area contributed by atoms with Gasteiger partial charge in [-0.25, -0.2) is 0 Å². The normalized spacial score (nSPS) is 11.5. The molecule has 0 fully saturated rings. The fourth-order valence-corrected chi connectivity index (χ4v) is 1.03. The zero-order chi connectivity index (χ0) is 9.52. The first-order chi connectivity index (χ1) is 6.34. The lowest BCUT2D eigenvalue weighted by atomic mass is 10.2. The van der Waals surface area contributed by atoms with E-state index in [-0.39, 0.29) is 6.04 Å². The minimum absolute atomic E-state index is 0.266. The molecule has 1 aromatic heterocycles. The number of rotatable bonds is 3. The highest BCUT2D eigenvalue weighted by Crippen LogP contribution is 2.06. The fraction of sp³-hybridized carbons (Fsp3) is 0.364. The van der Waals surface area contributed by atoms with E-state index in [9.17, 15) is 0 Å². The van der Waals surface area contributed by atoms with Crippen molar-refractivity contribution in [1.82, 2.24) is 10.3 Å². The SMILES string of the molecule is CC#CCNC(C)c1ccccn1. The van der Waals surface area contributed by atoms with Gasteiger partial charge in [-0.05, 0) is 26.0 Å². The van der Waals surface area contributed by atoms with Crippen LogP contribution in [-0.4, -0.2) is 11.5 Å². The molecule has 1 unspecified atom stereocenters. The van der Waals surface area contributed by atoms with Gasteiger partial charge in [-0.2, -0.15) is 0 Å². The molecule has 2 heteroatoms. The van der Waals surface area contributed by atoms with Crippen LogP contribution in [0.1, 0.15) is 25.6 Å². The Morgan fingerprint density at radius 3 is 3.00 bits per heavy atom. The molecule has 0 bridgehead atoms. The van der Waals surface area contributed by atoms with Gasteiger partial charge in [0.25, 0.3) is 0 Å². The van der Waals surface area contributed by atoms with Gasteiger partial charge in [0.15, 0.2) is 0 Å². The summed E-state index contributed by atoms with van der Waals surface area (Å²) in [7, 11) is 0. The maximum atomic E-state index is 4.25. The number of nitrogens with one attached hydrogen (secondary N) is 1. The summed E-state index contributed by atoms with van der Waals surface area (Å²) < 4.78 is 0. The summed E-state index contributed by atoms with van der Waals surface area (Å²) in [6.45, 7) is 4.64. The Morgan fingerprint density at radius 2 is 2.38 bits per heavy atom. The van der Waals surface area contributed by atoms with E-state index in [1.54, 1.807) is 6.20 Å². The third-order valence-electron chi connectivity index (χ3n) is 1.80. The van der Waals surface area contributed by atoms with E-state index in [0.29, 0.717) is 6.54 Å². The van der Waals surface area contributed by atoms with Gasteiger partial charge in [0, 0.05) is 12.2 Å². The van der Waals surface area contributed by atoms with Crippen molar-refractivity contribution in [3.05, 3.63) is 30.1 Å². The summed E-state index contributed by atoms with van der Waals surface area (Å²) in [5.41, 5.74) is 1.06. The molecule has 0 aromatic carbocycles. The third-order valence-corrected chi connectivity index (χ3v) is 1.80. The molecule has 0 aliphatic carbocycles. The van der Waals surface area contributed by atoms with Crippen LogP contribution < -0.4 is 5.32 Å². The Bertz CT molecular complexity index is 295. The monoisotopic (exact) mass is 174 g/mol. The molecular weight excluding hydrogens is 160 g/mol. The lowest BCUT2D eigenvalue weighted by Gasteiger charge is -2.09. The second-order valence-corrected chi connectivity index (χ2v) is 2.78. The summed E-state index contributed by atoms with van der Waals surface area (Å²) in [4.78, 5) is 4.25. The van der Waals surface area contributed by atoms with E-state index in [2.05, 4.69) is 29.1 Å². The molecule has 1 N–H and O–H groups in total. The second-order valence-electron chi connectivity index (χ2n) is 2.78. The van der Waals surface area contributed by atoms with E-state index in [4.69, 9.17) is 0 Å². The molecule has 0 radical (unpaired) electrons. The Hall–Kier alpha value is -1.33. The lowest BCUT2D eigenvalue weighted by molar-refractivity contribution is 0.606. The Balaban J connectivity index is 2.47. The summed E-state index contributed by atoms with van der Waals surface area (Å²) in [6, 6.07) is 6.19. The van der Waals surface area contributed by atoms with Gasteiger partial charge in [-0.15, -0.1) is 5.92 Å². The minimum atomic E-state index is 0.266. The van der Waals surface area contributed by atoms with Crippen LogP contribution >= 0.6 is 0 Å². The molecule has 1 aromatic rings. The molecule has 13 heavy (non-hydrogen) atoms. The van der Waals surface area contributed by atoms with E-state index in [0.717, 1.165) is 5.69 Å². The van der Waals surface area contributed by atoms with Crippen LogP contribution in [0.15, 0.2) is 24.4 Å². The summed E-state index contributed by atoms with van der Waals surface area (Å²) >= 11 is 0. The van der Waals surface area contributed by atoms with Crippen LogP contribution in [0.2, 0.25) is 0 Å².